The first-order chi connectivity index (χ1) is 22.3. The average Bonchev–Trinajstić information content (AvgIpc) is 3.00. The van der Waals surface area contributed by atoms with E-state index in [1.165, 1.54) is 96.3 Å². The maximum atomic E-state index is 11.3. The van der Waals surface area contributed by atoms with Gasteiger partial charge in [0.2, 0.25) is 0 Å². The summed E-state index contributed by atoms with van der Waals surface area (Å²) in [6, 6.07) is 0. The smallest absolute Gasteiger partial charge is 0.0809 e. The van der Waals surface area contributed by atoms with Gasteiger partial charge in [-0.1, -0.05) is 103 Å². The molecule has 0 aromatic rings. The van der Waals surface area contributed by atoms with Gasteiger partial charge in [0, 0.05) is 85.1 Å². The van der Waals surface area contributed by atoms with Gasteiger partial charge in [0.1, 0.15) is 0 Å². The second-order valence-corrected chi connectivity index (χ2v) is 12.8. The second kappa shape index (κ2) is 29.3. The van der Waals surface area contributed by atoms with Crippen molar-refractivity contribution in [3.8, 4) is 0 Å². The zero-order chi connectivity index (χ0) is 33.7. The van der Waals surface area contributed by atoms with Crippen molar-refractivity contribution in [2.24, 2.45) is 0 Å². The van der Waals surface area contributed by atoms with Crippen molar-refractivity contribution in [2.75, 3.05) is 91.7 Å². The molecular weight excluding hydrogens is 590 g/mol. The zero-order valence-electron chi connectivity index (χ0n) is 28.9. The molecular formula is C34H64N5O7-3. The van der Waals surface area contributed by atoms with Crippen molar-refractivity contribution < 1.29 is 34.5 Å². The fraction of sp³-hybridized carbons (Fsp3) is 0.912. The molecule has 0 bridgehead atoms. The van der Waals surface area contributed by atoms with Crippen LogP contribution in [0.1, 0.15) is 110 Å². The molecule has 1 fully saturated rings. The third-order valence-corrected chi connectivity index (χ3v) is 8.73. The minimum absolute atomic E-state index is 0.249. The molecule has 12 nitrogen and oxygen atoms in total. The van der Waals surface area contributed by atoms with Gasteiger partial charge >= 0.3 is 0 Å². The summed E-state index contributed by atoms with van der Waals surface area (Å²) in [5.41, 5.74) is 3.06. The van der Waals surface area contributed by atoms with E-state index in [0.29, 0.717) is 65.5 Å². The van der Waals surface area contributed by atoms with Gasteiger partial charge in [-0.15, -0.1) is 0 Å². The second-order valence-electron chi connectivity index (χ2n) is 12.8. The summed E-state index contributed by atoms with van der Waals surface area (Å²) in [6.45, 7) is 6.59. The van der Waals surface area contributed by atoms with Gasteiger partial charge in [0.25, 0.3) is 0 Å². The highest BCUT2D eigenvalue weighted by Crippen LogP contribution is 2.13. The van der Waals surface area contributed by atoms with E-state index in [-0.39, 0.29) is 19.6 Å². The lowest BCUT2D eigenvalue weighted by atomic mass is 10.0. The third kappa shape index (κ3) is 26.3. The molecule has 1 N–H and O–H groups in total. The Bertz CT molecular complexity index is 744. The number of carbonyl (C=O) groups is 3. The third-order valence-electron chi connectivity index (χ3n) is 8.73. The Morgan fingerprint density at radius 2 is 0.804 bits per heavy atom. The quantitative estimate of drug-likeness (QED) is 0.0953. The molecule has 1 saturated heterocycles. The van der Waals surface area contributed by atoms with E-state index in [0.717, 1.165) is 13.0 Å². The predicted octanol–water partition coefficient (Wildman–Crippen LogP) is 0.240. The van der Waals surface area contributed by atoms with Crippen LogP contribution in [0.5, 0.6) is 0 Å². The number of hydrogen-bond donors (Lipinski definition) is 1. The first kappa shape index (κ1) is 42.2. The first-order valence-electron chi connectivity index (χ1n) is 18.1. The lowest BCUT2D eigenvalue weighted by Gasteiger charge is -2.34. The van der Waals surface area contributed by atoms with E-state index in [4.69, 9.17) is 4.84 Å². The Kier molecular flexibility index (Phi) is 26.9. The van der Waals surface area contributed by atoms with Gasteiger partial charge < -0.3 is 34.5 Å². The number of hydroxylamine groups is 1. The Labute approximate surface area is 278 Å². The van der Waals surface area contributed by atoms with Crippen molar-refractivity contribution in [2.45, 2.75) is 110 Å². The normalized spacial score (nSPS) is 16.6. The average molecular weight is 655 g/mol. The summed E-state index contributed by atoms with van der Waals surface area (Å²) in [6.07, 6.45) is 21.4. The SMILES string of the molecule is CCCCCCCCCCCCCCCCCCNOCCN1CCN(CC(=O)[O-])CCN(CC(=O)[O-])CCN(CC(=O)[O-])CC1. The maximum Gasteiger partial charge on any atom is 0.0809 e. The molecule has 12 heteroatoms. The highest BCUT2D eigenvalue weighted by Gasteiger charge is 2.17. The lowest BCUT2D eigenvalue weighted by molar-refractivity contribution is -0.308. The molecule has 0 aliphatic carbocycles. The molecule has 270 valence electrons. The first-order valence-corrected chi connectivity index (χ1v) is 18.1. The van der Waals surface area contributed by atoms with Gasteiger partial charge in [-0.2, -0.15) is 0 Å². The van der Waals surface area contributed by atoms with E-state index < -0.39 is 17.9 Å². The van der Waals surface area contributed by atoms with E-state index in [1.54, 1.807) is 14.7 Å². The number of unbranched alkanes of at least 4 members (excludes halogenated alkanes) is 15. The molecule has 1 heterocycles. The van der Waals surface area contributed by atoms with E-state index in [1.807, 2.05) is 0 Å². The van der Waals surface area contributed by atoms with Crippen LogP contribution in [0.25, 0.3) is 0 Å². The number of carboxylic acids is 3. The highest BCUT2D eigenvalue weighted by molar-refractivity contribution is 5.67. The minimum Gasteiger partial charge on any atom is -0.549 e. The van der Waals surface area contributed by atoms with Crippen LogP contribution >= 0.6 is 0 Å². The van der Waals surface area contributed by atoms with E-state index in [9.17, 15) is 29.7 Å². The Balaban J connectivity index is 2.24. The number of hydrogen-bond acceptors (Lipinski definition) is 12. The van der Waals surface area contributed by atoms with Gasteiger partial charge in [0.15, 0.2) is 0 Å². The predicted molar refractivity (Wildman–Crippen MR) is 174 cm³/mol. The highest BCUT2D eigenvalue weighted by atomic mass is 16.6. The monoisotopic (exact) mass is 654 g/mol. The summed E-state index contributed by atoms with van der Waals surface area (Å²) >= 11 is 0. The van der Waals surface area contributed by atoms with Crippen molar-refractivity contribution in [3.63, 3.8) is 0 Å². The summed E-state index contributed by atoms with van der Waals surface area (Å²) < 4.78 is 0. The van der Waals surface area contributed by atoms with Gasteiger partial charge in [-0.05, 0) is 6.42 Å². The lowest BCUT2D eigenvalue weighted by Crippen LogP contribution is -2.51. The number of aliphatic carboxylic acids is 3. The Morgan fingerprint density at radius 3 is 1.13 bits per heavy atom. The number of carboxylic acid groups (broad SMARTS) is 3. The topological polar surface area (TPSA) is 155 Å². The van der Waals surface area contributed by atoms with Crippen molar-refractivity contribution in [1.82, 2.24) is 25.1 Å². The summed E-state index contributed by atoms with van der Waals surface area (Å²) in [4.78, 5) is 46.7. The van der Waals surface area contributed by atoms with Crippen LogP contribution in [0.2, 0.25) is 0 Å². The van der Waals surface area contributed by atoms with Crippen LogP contribution in [-0.4, -0.2) is 129 Å². The Hall–Kier alpha value is -1.83. The summed E-state index contributed by atoms with van der Waals surface area (Å²) in [5.74, 6) is -3.61. The molecule has 0 aromatic carbocycles. The standard InChI is InChI=1S/C34H67N5O7/c1-2-3-4-5-6-7-8-9-10-11-12-13-14-15-16-17-18-35-46-28-27-36-19-21-37(29-32(40)41)23-25-39(31-34(44)45)26-24-38(22-20-36)30-33(42)43/h35H,2-31H2,1H3,(H,40,41)(H,42,43)(H,44,45)/p-3. The van der Waals surface area contributed by atoms with Crippen LogP contribution in [0.15, 0.2) is 0 Å². The molecule has 0 saturated carbocycles. The van der Waals surface area contributed by atoms with Crippen molar-refractivity contribution in [3.05, 3.63) is 0 Å². The van der Waals surface area contributed by atoms with Crippen LogP contribution in [-0.2, 0) is 19.2 Å². The van der Waals surface area contributed by atoms with Gasteiger partial charge in [-0.25, -0.2) is 5.48 Å². The maximum absolute atomic E-state index is 11.3. The number of nitrogens with zero attached hydrogens (tertiary/aromatic N) is 4. The fourth-order valence-corrected chi connectivity index (χ4v) is 5.89. The fourth-order valence-electron chi connectivity index (χ4n) is 5.89. The van der Waals surface area contributed by atoms with Gasteiger partial charge in [-0.3, -0.25) is 19.6 Å². The largest absolute Gasteiger partial charge is 0.549 e. The molecule has 0 aromatic heterocycles. The van der Waals surface area contributed by atoms with Crippen LogP contribution < -0.4 is 20.8 Å². The number of rotatable bonds is 27. The Morgan fingerprint density at radius 1 is 0.500 bits per heavy atom. The molecule has 0 radical (unpaired) electrons. The molecule has 0 atom stereocenters. The number of nitrogens with one attached hydrogen (secondary N) is 1. The molecule has 0 spiro atoms. The molecule has 0 unspecified atom stereocenters. The molecule has 1 aliphatic rings. The molecule has 0 amide bonds. The molecule has 1 aliphatic heterocycles. The zero-order valence-corrected chi connectivity index (χ0v) is 28.9. The summed E-state index contributed by atoms with van der Waals surface area (Å²) in [5, 5.41) is 33.8. The van der Waals surface area contributed by atoms with Gasteiger partial charge in [0.05, 0.1) is 24.5 Å². The van der Waals surface area contributed by atoms with Crippen molar-refractivity contribution >= 4 is 17.9 Å². The molecule has 46 heavy (non-hydrogen) atoms. The van der Waals surface area contributed by atoms with Crippen LogP contribution in [0.4, 0.5) is 0 Å². The minimum atomic E-state index is -1.24. The molecule has 1 rings (SSSR count). The van der Waals surface area contributed by atoms with Crippen LogP contribution in [0.3, 0.4) is 0 Å². The van der Waals surface area contributed by atoms with Crippen LogP contribution in [0, 0.1) is 0 Å². The van der Waals surface area contributed by atoms with Crippen molar-refractivity contribution in [1.29, 1.82) is 0 Å². The van der Waals surface area contributed by atoms with E-state index in [2.05, 4.69) is 17.3 Å². The number of carbonyl (C=O) groups excluding carboxylic acids is 3. The summed E-state index contributed by atoms with van der Waals surface area (Å²) in [7, 11) is 0. The van der Waals surface area contributed by atoms with E-state index >= 15 is 0 Å².